The molecule has 3 rings (SSSR count). The van der Waals surface area contributed by atoms with Gasteiger partial charge in [0.1, 0.15) is 12.6 Å². The smallest absolute Gasteiger partial charge is 0.244 e. The SMILES string of the molecule is CC[C@@H](C)NC(=O)[C@@H](Cc1ccccc1)N(Cc1ccccc1C)C(=O)CN(c1cc(Cl)ccc1Cl)S(C)(=O)=O. The largest absolute Gasteiger partial charge is 0.352 e. The second kappa shape index (κ2) is 14.0. The first-order chi connectivity index (χ1) is 18.9. The van der Waals surface area contributed by atoms with Gasteiger partial charge in [0, 0.05) is 24.0 Å². The third kappa shape index (κ3) is 8.46. The number of carbonyl (C=O) groups excluding carboxylic acids is 2. The normalized spacial score (nSPS) is 12.8. The lowest BCUT2D eigenvalue weighted by molar-refractivity contribution is -0.140. The summed E-state index contributed by atoms with van der Waals surface area (Å²) in [6.45, 7) is 5.34. The van der Waals surface area contributed by atoms with E-state index in [1.54, 1.807) is 0 Å². The van der Waals surface area contributed by atoms with Gasteiger partial charge in [-0.25, -0.2) is 8.42 Å². The zero-order valence-corrected chi connectivity index (χ0v) is 25.4. The number of halogens is 2. The first kappa shape index (κ1) is 31.5. The van der Waals surface area contributed by atoms with Crippen LogP contribution in [0.1, 0.15) is 37.0 Å². The number of hydrogen-bond donors (Lipinski definition) is 1. The van der Waals surface area contributed by atoms with Gasteiger partial charge in [0.05, 0.1) is 17.0 Å². The van der Waals surface area contributed by atoms with Crippen molar-refractivity contribution < 1.29 is 18.0 Å². The van der Waals surface area contributed by atoms with E-state index in [0.717, 1.165) is 27.3 Å². The van der Waals surface area contributed by atoms with Crippen LogP contribution in [0.5, 0.6) is 0 Å². The molecular formula is C30H35Cl2N3O4S. The zero-order chi connectivity index (χ0) is 29.4. The molecular weight excluding hydrogens is 569 g/mol. The van der Waals surface area contributed by atoms with E-state index in [1.165, 1.54) is 23.1 Å². The van der Waals surface area contributed by atoms with Crippen molar-refractivity contribution in [1.82, 2.24) is 10.2 Å². The monoisotopic (exact) mass is 603 g/mol. The molecule has 0 aliphatic heterocycles. The zero-order valence-electron chi connectivity index (χ0n) is 23.1. The van der Waals surface area contributed by atoms with Crippen LogP contribution in [-0.4, -0.2) is 50.0 Å². The fraction of sp³-hybridized carbons (Fsp3) is 0.333. The summed E-state index contributed by atoms with van der Waals surface area (Å²) in [6.07, 6.45) is 1.96. The summed E-state index contributed by atoms with van der Waals surface area (Å²) in [7, 11) is -3.95. The van der Waals surface area contributed by atoms with E-state index < -0.39 is 28.5 Å². The molecule has 0 unspecified atom stereocenters. The van der Waals surface area contributed by atoms with Gasteiger partial charge in [-0.15, -0.1) is 0 Å². The number of amides is 2. The Morgan fingerprint density at radius 3 is 2.25 bits per heavy atom. The van der Waals surface area contributed by atoms with Crippen molar-refractivity contribution in [2.45, 2.75) is 52.2 Å². The molecule has 0 saturated heterocycles. The molecule has 1 N–H and O–H groups in total. The maximum Gasteiger partial charge on any atom is 0.244 e. The number of rotatable bonds is 12. The van der Waals surface area contributed by atoms with Crippen LogP contribution in [0.15, 0.2) is 72.8 Å². The van der Waals surface area contributed by atoms with E-state index in [9.17, 15) is 18.0 Å². The fourth-order valence-electron chi connectivity index (χ4n) is 4.24. The molecule has 2 atom stereocenters. The number of sulfonamides is 1. The highest BCUT2D eigenvalue weighted by atomic mass is 35.5. The molecule has 214 valence electrons. The number of carbonyl (C=O) groups is 2. The number of benzene rings is 3. The molecule has 0 aliphatic rings. The Kier molecular flexibility index (Phi) is 11.0. The van der Waals surface area contributed by atoms with E-state index in [-0.39, 0.29) is 40.6 Å². The van der Waals surface area contributed by atoms with Gasteiger partial charge in [-0.2, -0.15) is 0 Å². The Hall–Kier alpha value is -3.07. The van der Waals surface area contributed by atoms with Crippen molar-refractivity contribution in [2.24, 2.45) is 0 Å². The lowest BCUT2D eigenvalue weighted by Gasteiger charge is -2.34. The molecule has 0 fully saturated rings. The van der Waals surface area contributed by atoms with Gasteiger partial charge in [0.25, 0.3) is 0 Å². The van der Waals surface area contributed by atoms with E-state index in [1.807, 2.05) is 75.4 Å². The average molecular weight is 605 g/mol. The van der Waals surface area contributed by atoms with Crippen molar-refractivity contribution in [3.63, 3.8) is 0 Å². The van der Waals surface area contributed by atoms with E-state index in [2.05, 4.69) is 5.32 Å². The van der Waals surface area contributed by atoms with Crippen molar-refractivity contribution in [3.05, 3.63) is 99.5 Å². The summed E-state index contributed by atoms with van der Waals surface area (Å²) in [5, 5.41) is 3.41. The third-order valence-corrected chi connectivity index (χ3v) is 8.41. The van der Waals surface area contributed by atoms with Gasteiger partial charge in [-0.3, -0.25) is 13.9 Å². The number of nitrogens with zero attached hydrogens (tertiary/aromatic N) is 2. The van der Waals surface area contributed by atoms with Crippen LogP contribution >= 0.6 is 23.2 Å². The van der Waals surface area contributed by atoms with E-state index in [0.29, 0.717) is 6.42 Å². The second-order valence-electron chi connectivity index (χ2n) is 9.84. The van der Waals surface area contributed by atoms with Crippen LogP contribution in [0.4, 0.5) is 5.69 Å². The molecule has 2 amide bonds. The highest BCUT2D eigenvalue weighted by molar-refractivity contribution is 7.92. The highest BCUT2D eigenvalue weighted by Gasteiger charge is 2.34. The summed E-state index contributed by atoms with van der Waals surface area (Å²) < 4.78 is 26.8. The molecule has 0 saturated carbocycles. The lowest BCUT2D eigenvalue weighted by Crippen LogP contribution is -2.54. The summed E-state index contributed by atoms with van der Waals surface area (Å²) in [5.74, 6) is -0.864. The summed E-state index contributed by atoms with van der Waals surface area (Å²) in [5.41, 5.74) is 2.74. The topological polar surface area (TPSA) is 86.8 Å². The molecule has 40 heavy (non-hydrogen) atoms. The molecule has 0 spiro atoms. The summed E-state index contributed by atoms with van der Waals surface area (Å²) in [4.78, 5) is 29.3. The minimum absolute atomic E-state index is 0.0875. The third-order valence-electron chi connectivity index (χ3n) is 6.73. The number of aryl methyl sites for hydroxylation is 1. The summed E-state index contributed by atoms with van der Waals surface area (Å²) >= 11 is 12.5. The van der Waals surface area contributed by atoms with Gasteiger partial charge >= 0.3 is 0 Å². The van der Waals surface area contributed by atoms with Crippen molar-refractivity contribution in [2.75, 3.05) is 17.1 Å². The molecule has 0 aromatic heterocycles. The van der Waals surface area contributed by atoms with Gasteiger partial charge in [-0.1, -0.05) is 84.7 Å². The Morgan fingerprint density at radius 2 is 1.62 bits per heavy atom. The maximum absolute atomic E-state index is 14.1. The van der Waals surface area contributed by atoms with Crippen LogP contribution in [0.25, 0.3) is 0 Å². The Balaban J connectivity index is 2.10. The van der Waals surface area contributed by atoms with Gasteiger partial charge < -0.3 is 10.2 Å². The van der Waals surface area contributed by atoms with Crippen molar-refractivity contribution in [1.29, 1.82) is 0 Å². The number of anilines is 1. The van der Waals surface area contributed by atoms with Crippen molar-refractivity contribution in [3.8, 4) is 0 Å². The van der Waals surface area contributed by atoms with E-state index in [4.69, 9.17) is 23.2 Å². The molecule has 10 heteroatoms. The average Bonchev–Trinajstić information content (AvgIpc) is 2.91. The van der Waals surface area contributed by atoms with Crippen LogP contribution in [-0.2, 0) is 32.6 Å². The van der Waals surface area contributed by atoms with Crippen LogP contribution in [0.3, 0.4) is 0 Å². The van der Waals surface area contributed by atoms with Crippen LogP contribution < -0.4 is 9.62 Å². The first-order valence-corrected chi connectivity index (χ1v) is 15.6. The minimum atomic E-state index is -3.95. The van der Waals surface area contributed by atoms with E-state index >= 15 is 0 Å². The molecule has 0 aliphatic carbocycles. The fourth-order valence-corrected chi connectivity index (χ4v) is 5.53. The predicted molar refractivity (Wildman–Crippen MR) is 162 cm³/mol. The Labute approximate surface area is 247 Å². The maximum atomic E-state index is 14.1. The summed E-state index contributed by atoms with van der Waals surface area (Å²) in [6, 6.07) is 20.4. The molecule has 0 radical (unpaired) electrons. The first-order valence-electron chi connectivity index (χ1n) is 13.0. The van der Waals surface area contributed by atoms with Gasteiger partial charge in [0.15, 0.2) is 0 Å². The number of hydrogen-bond acceptors (Lipinski definition) is 4. The predicted octanol–water partition coefficient (Wildman–Crippen LogP) is 5.62. The second-order valence-corrected chi connectivity index (χ2v) is 12.6. The molecule has 3 aromatic rings. The standard InChI is InChI=1S/C30H35Cl2N3O4S/c1-5-22(3)33-30(37)28(17-23-12-7-6-8-13-23)34(19-24-14-10-9-11-21(24)2)29(36)20-35(40(4,38)39)27-18-25(31)15-16-26(27)32/h6-16,18,22,28H,5,17,19-20H2,1-4H3,(H,33,37)/t22-,28-/m1/s1. The Morgan fingerprint density at radius 1 is 0.975 bits per heavy atom. The lowest BCUT2D eigenvalue weighted by atomic mass is 10.0. The minimum Gasteiger partial charge on any atom is -0.352 e. The van der Waals surface area contributed by atoms with Crippen LogP contribution in [0.2, 0.25) is 10.0 Å². The number of nitrogens with one attached hydrogen (secondary N) is 1. The van der Waals surface area contributed by atoms with Gasteiger partial charge in [0.2, 0.25) is 21.8 Å². The molecule has 3 aromatic carbocycles. The molecule has 0 heterocycles. The van der Waals surface area contributed by atoms with Crippen LogP contribution in [0, 0.1) is 6.92 Å². The quantitative estimate of drug-likeness (QED) is 0.291. The van der Waals surface area contributed by atoms with Crippen molar-refractivity contribution >= 4 is 50.7 Å². The van der Waals surface area contributed by atoms with Gasteiger partial charge in [-0.05, 0) is 55.2 Å². The Bertz CT molecular complexity index is 1430. The molecule has 7 nitrogen and oxygen atoms in total. The molecule has 0 bridgehead atoms. The highest BCUT2D eigenvalue weighted by Crippen LogP contribution is 2.31.